The van der Waals surface area contributed by atoms with Crippen molar-refractivity contribution in [1.29, 1.82) is 0 Å². The second-order valence-corrected chi connectivity index (χ2v) is 6.57. The molecule has 1 fully saturated rings. The van der Waals surface area contributed by atoms with Gasteiger partial charge in [-0.25, -0.2) is 14.4 Å². The molecule has 0 aliphatic carbocycles. The van der Waals surface area contributed by atoms with Gasteiger partial charge in [0.2, 0.25) is 0 Å². The quantitative estimate of drug-likeness (QED) is 0.730. The number of benzene rings is 2. The van der Waals surface area contributed by atoms with E-state index in [-0.39, 0.29) is 5.82 Å². The fourth-order valence-corrected chi connectivity index (χ4v) is 3.29. The molecule has 2 heterocycles. The Labute approximate surface area is 163 Å². The molecule has 2 aromatic carbocycles. The number of nitrogens with zero attached hydrogens (tertiary/aromatic N) is 4. The van der Waals surface area contributed by atoms with E-state index in [1.807, 2.05) is 18.2 Å². The minimum Gasteiger partial charge on any atom is -0.497 e. The van der Waals surface area contributed by atoms with Gasteiger partial charge < -0.3 is 19.9 Å². The highest BCUT2D eigenvalue weighted by molar-refractivity contribution is 5.60. The zero-order valence-electron chi connectivity index (χ0n) is 15.7. The predicted octanol–water partition coefficient (Wildman–Crippen LogP) is 3.69. The number of hydrogen-bond acceptors (Lipinski definition) is 6. The summed E-state index contributed by atoms with van der Waals surface area (Å²) in [5.74, 6) is 2.09. The summed E-state index contributed by atoms with van der Waals surface area (Å²) >= 11 is 0. The van der Waals surface area contributed by atoms with Crippen molar-refractivity contribution in [2.75, 3.05) is 48.4 Å². The zero-order valence-corrected chi connectivity index (χ0v) is 15.7. The Morgan fingerprint density at radius 1 is 0.929 bits per heavy atom. The molecule has 28 heavy (non-hydrogen) atoms. The maximum Gasteiger partial charge on any atom is 0.135 e. The fraction of sp³-hybridized carbons (Fsp3) is 0.238. The van der Waals surface area contributed by atoms with Crippen molar-refractivity contribution < 1.29 is 9.13 Å². The number of piperazine rings is 1. The first-order chi connectivity index (χ1) is 13.7. The first-order valence-corrected chi connectivity index (χ1v) is 9.20. The molecule has 0 amide bonds. The predicted molar refractivity (Wildman–Crippen MR) is 109 cm³/mol. The molecule has 0 bridgehead atoms. The molecule has 1 aliphatic rings. The van der Waals surface area contributed by atoms with Gasteiger partial charge in [0.15, 0.2) is 0 Å². The zero-order chi connectivity index (χ0) is 19.3. The highest BCUT2D eigenvalue weighted by Gasteiger charge is 2.19. The average molecular weight is 379 g/mol. The van der Waals surface area contributed by atoms with Crippen LogP contribution in [0.1, 0.15) is 0 Å². The van der Waals surface area contributed by atoms with Crippen LogP contribution in [0.5, 0.6) is 5.75 Å². The van der Waals surface area contributed by atoms with Crippen LogP contribution in [-0.4, -0.2) is 43.3 Å². The molecular formula is C21H22FN5O. The molecule has 0 unspecified atom stereocenters. The van der Waals surface area contributed by atoms with E-state index in [0.717, 1.165) is 37.7 Å². The van der Waals surface area contributed by atoms with Gasteiger partial charge >= 0.3 is 0 Å². The van der Waals surface area contributed by atoms with E-state index in [9.17, 15) is 4.39 Å². The lowest BCUT2D eigenvalue weighted by molar-refractivity contribution is 0.415. The molecule has 7 heteroatoms. The maximum absolute atomic E-state index is 13.4. The Hall–Kier alpha value is -3.35. The van der Waals surface area contributed by atoms with Crippen molar-refractivity contribution in [3.05, 3.63) is 66.7 Å². The van der Waals surface area contributed by atoms with Crippen molar-refractivity contribution in [3.63, 3.8) is 0 Å². The first-order valence-electron chi connectivity index (χ1n) is 9.20. The minimum atomic E-state index is -0.283. The summed E-state index contributed by atoms with van der Waals surface area (Å²) in [4.78, 5) is 13.2. The molecule has 0 atom stereocenters. The van der Waals surface area contributed by atoms with Crippen molar-refractivity contribution in [2.24, 2.45) is 0 Å². The lowest BCUT2D eigenvalue weighted by Crippen LogP contribution is -2.46. The molecule has 1 N–H and O–H groups in total. The molecule has 6 nitrogen and oxygen atoms in total. The van der Waals surface area contributed by atoms with Crippen LogP contribution in [0.2, 0.25) is 0 Å². The van der Waals surface area contributed by atoms with Crippen molar-refractivity contribution in [2.45, 2.75) is 0 Å². The average Bonchev–Trinajstić information content (AvgIpc) is 2.74. The van der Waals surface area contributed by atoms with Crippen LogP contribution in [0.25, 0.3) is 0 Å². The van der Waals surface area contributed by atoms with Gasteiger partial charge in [-0.15, -0.1) is 0 Å². The van der Waals surface area contributed by atoms with E-state index in [0.29, 0.717) is 11.5 Å². The van der Waals surface area contributed by atoms with Crippen LogP contribution in [-0.2, 0) is 0 Å². The van der Waals surface area contributed by atoms with Crippen LogP contribution >= 0.6 is 0 Å². The lowest BCUT2D eigenvalue weighted by atomic mass is 10.2. The van der Waals surface area contributed by atoms with E-state index in [2.05, 4.69) is 37.2 Å². The summed E-state index contributed by atoms with van der Waals surface area (Å²) in [6, 6.07) is 16.4. The van der Waals surface area contributed by atoms with E-state index in [1.165, 1.54) is 24.1 Å². The monoisotopic (exact) mass is 379 g/mol. The Morgan fingerprint density at radius 3 is 2.39 bits per heavy atom. The first kappa shape index (κ1) is 18.0. The minimum absolute atomic E-state index is 0.283. The number of hydrogen-bond donors (Lipinski definition) is 1. The Kier molecular flexibility index (Phi) is 5.23. The Morgan fingerprint density at radius 2 is 1.68 bits per heavy atom. The summed E-state index contributed by atoms with van der Waals surface area (Å²) in [7, 11) is 1.67. The third-order valence-corrected chi connectivity index (χ3v) is 4.79. The third-order valence-electron chi connectivity index (χ3n) is 4.79. The van der Waals surface area contributed by atoms with Gasteiger partial charge in [-0.2, -0.15) is 0 Å². The lowest BCUT2D eigenvalue weighted by Gasteiger charge is -2.36. The molecule has 0 radical (unpaired) electrons. The van der Waals surface area contributed by atoms with Crippen molar-refractivity contribution >= 4 is 23.0 Å². The molecular weight excluding hydrogens is 357 g/mol. The summed E-state index contributed by atoms with van der Waals surface area (Å²) in [6.45, 7) is 3.54. The molecule has 0 spiro atoms. The topological polar surface area (TPSA) is 53.5 Å². The van der Waals surface area contributed by atoms with Crippen LogP contribution < -0.4 is 19.9 Å². The maximum atomic E-state index is 13.4. The summed E-state index contributed by atoms with van der Waals surface area (Å²) in [5.41, 5.74) is 1.85. The van der Waals surface area contributed by atoms with Gasteiger partial charge in [-0.3, -0.25) is 0 Å². The molecule has 0 saturated carbocycles. The Bertz CT molecular complexity index is 926. The van der Waals surface area contributed by atoms with E-state index in [4.69, 9.17) is 4.74 Å². The Balaban J connectivity index is 1.40. The molecule has 3 aromatic rings. The summed E-state index contributed by atoms with van der Waals surface area (Å²) < 4.78 is 18.6. The van der Waals surface area contributed by atoms with E-state index in [1.54, 1.807) is 19.2 Å². The molecule has 1 aromatic heterocycles. The number of rotatable bonds is 5. The number of methoxy groups -OCH3 is 1. The standard InChI is InChI=1S/C21H22FN5O/c1-28-19-7-5-18(6-8-19)26-9-11-27(12-10-26)21-14-20(23-15-24-21)25-17-4-2-3-16(22)13-17/h2-8,13-15H,9-12H2,1H3,(H,23,24,25). The molecule has 4 rings (SSSR count). The largest absolute Gasteiger partial charge is 0.497 e. The van der Waals surface area contributed by atoms with Gasteiger partial charge in [-0.05, 0) is 42.5 Å². The van der Waals surface area contributed by atoms with Gasteiger partial charge in [0.05, 0.1) is 7.11 Å². The van der Waals surface area contributed by atoms with Gasteiger partial charge in [0.25, 0.3) is 0 Å². The van der Waals surface area contributed by atoms with Crippen LogP contribution in [0.4, 0.5) is 27.4 Å². The normalized spacial score (nSPS) is 14.1. The van der Waals surface area contributed by atoms with Gasteiger partial charge in [0.1, 0.15) is 29.5 Å². The second kappa shape index (κ2) is 8.12. The number of halogens is 1. The second-order valence-electron chi connectivity index (χ2n) is 6.57. The van der Waals surface area contributed by atoms with E-state index < -0.39 is 0 Å². The van der Waals surface area contributed by atoms with E-state index >= 15 is 0 Å². The summed E-state index contributed by atoms with van der Waals surface area (Å²) in [5, 5.41) is 3.13. The van der Waals surface area contributed by atoms with Crippen LogP contribution in [0.3, 0.4) is 0 Å². The smallest absolute Gasteiger partial charge is 0.135 e. The molecule has 1 saturated heterocycles. The fourth-order valence-electron chi connectivity index (χ4n) is 3.29. The number of anilines is 4. The molecule has 144 valence electrons. The van der Waals surface area contributed by atoms with Crippen molar-refractivity contribution in [1.82, 2.24) is 9.97 Å². The number of nitrogens with one attached hydrogen (secondary N) is 1. The van der Waals surface area contributed by atoms with Crippen LogP contribution in [0, 0.1) is 5.82 Å². The SMILES string of the molecule is COc1ccc(N2CCN(c3cc(Nc4cccc(F)c4)ncn3)CC2)cc1. The molecule has 1 aliphatic heterocycles. The van der Waals surface area contributed by atoms with Gasteiger partial charge in [0, 0.05) is 43.6 Å². The van der Waals surface area contributed by atoms with Gasteiger partial charge in [-0.1, -0.05) is 6.07 Å². The van der Waals surface area contributed by atoms with Crippen LogP contribution in [0.15, 0.2) is 60.9 Å². The highest BCUT2D eigenvalue weighted by atomic mass is 19.1. The highest BCUT2D eigenvalue weighted by Crippen LogP contribution is 2.23. The third kappa shape index (κ3) is 4.14. The number of aromatic nitrogens is 2. The summed E-state index contributed by atoms with van der Waals surface area (Å²) in [6.07, 6.45) is 1.53. The van der Waals surface area contributed by atoms with Crippen molar-refractivity contribution in [3.8, 4) is 5.75 Å². The number of ether oxygens (including phenoxy) is 1.